The van der Waals surface area contributed by atoms with Gasteiger partial charge in [-0.15, -0.1) is 5.10 Å². The minimum Gasteiger partial charge on any atom is -0.471 e. The van der Waals surface area contributed by atoms with Gasteiger partial charge in [0.1, 0.15) is 6.61 Å². The Morgan fingerprint density at radius 3 is 2.26 bits per heavy atom. The molecule has 134 valence electrons. The van der Waals surface area contributed by atoms with Crippen LogP contribution in [0.5, 0.6) is 5.88 Å². The van der Waals surface area contributed by atoms with Crippen LogP contribution >= 0.6 is 0 Å². The van der Waals surface area contributed by atoms with E-state index in [1.807, 2.05) is 65.3 Å². The van der Waals surface area contributed by atoms with Gasteiger partial charge in [0, 0.05) is 12.1 Å². The van der Waals surface area contributed by atoms with Gasteiger partial charge in [0.2, 0.25) is 5.88 Å². The quantitative estimate of drug-likeness (QED) is 0.373. The highest BCUT2D eigenvalue weighted by atomic mass is 16.6. The number of hydrogen-bond donors (Lipinski definition) is 0. The van der Waals surface area contributed by atoms with Crippen molar-refractivity contribution < 1.29 is 9.66 Å². The largest absolute Gasteiger partial charge is 0.471 e. The van der Waals surface area contributed by atoms with E-state index in [0.717, 1.165) is 16.6 Å². The molecule has 0 saturated heterocycles. The first-order valence-corrected chi connectivity index (χ1v) is 8.56. The monoisotopic (exact) mass is 359 g/mol. The van der Waals surface area contributed by atoms with Gasteiger partial charge in [-0.3, -0.25) is 14.8 Å². The Kier molecular flexibility index (Phi) is 4.53. The molecule has 4 rings (SSSR count). The van der Waals surface area contributed by atoms with Crippen LogP contribution in [-0.2, 0) is 13.2 Å². The van der Waals surface area contributed by atoms with Crippen molar-refractivity contribution in [3.05, 3.63) is 100 Å². The van der Waals surface area contributed by atoms with Gasteiger partial charge in [0.25, 0.3) is 5.69 Å². The molecule has 27 heavy (non-hydrogen) atoms. The Labute approximate surface area is 155 Å². The summed E-state index contributed by atoms with van der Waals surface area (Å²) in [7, 11) is 0. The normalized spacial score (nSPS) is 10.8. The van der Waals surface area contributed by atoms with Crippen LogP contribution in [0.1, 0.15) is 11.1 Å². The molecule has 0 aliphatic rings. The van der Waals surface area contributed by atoms with Crippen molar-refractivity contribution in [3.8, 4) is 5.88 Å². The molecule has 0 aliphatic carbocycles. The van der Waals surface area contributed by atoms with Gasteiger partial charge in [0.05, 0.1) is 22.4 Å². The summed E-state index contributed by atoms with van der Waals surface area (Å²) in [6, 6.07) is 24.4. The first-order chi connectivity index (χ1) is 13.2. The third-order valence-corrected chi connectivity index (χ3v) is 4.30. The minimum absolute atomic E-state index is 0.0197. The highest BCUT2D eigenvalue weighted by Gasteiger charge is 2.16. The molecule has 0 aliphatic heterocycles. The maximum absolute atomic E-state index is 11.2. The fraction of sp³-hybridized carbons (Fsp3) is 0.0952. The fourth-order valence-electron chi connectivity index (χ4n) is 2.96. The molecule has 0 N–H and O–H groups in total. The van der Waals surface area contributed by atoms with Crippen molar-refractivity contribution in [3.63, 3.8) is 0 Å². The van der Waals surface area contributed by atoms with E-state index in [1.54, 1.807) is 6.07 Å². The molecule has 4 aromatic rings. The molecule has 0 spiro atoms. The Morgan fingerprint density at radius 1 is 0.926 bits per heavy atom. The van der Waals surface area contributed by atoms with Crippen molar-refractivity contribution in [2.75, 3.05) is 0 Å². The number of benzene rings is 3. The van der Waals surface area contributed by atoms with Crippen LogP contribution in [0.25, 0.3) is 10.9 Å². The second-order valence-electron chi connectivity index (χ2n) is 6.18. The summed E-state index contributed by atoms with van der Waals surface area (Å²) >= 11 is 0. The first kappa shape index (κ1) is 16.8. The molecule has 0 bridgehead atoms. The number of hydrogen-bond acceptors (Lipinski definition) is 4. The second kappa shape index (κ2) is 7.29. The molecule has 0 amide bonds. The van der Waals surface area contributed by atoms with E-state index in [2.05, 4.69) is 5.10 Å². The SMILES string of the molecule is O=[N+]([O-])c1ccc2c(c1)c(OCc1ccccc1)nn2Cc1ccccc1. The van der Waals surface area contributed by atoms with Crippen LogP contribution in [0.4, 0.5) is 5.69 Å². The fourth-order valence-corrected chi connectivity index (χ4v) is 2.96. The number of nitro groups is 1. The van der Waals surface area contributed by atoms with Crippen LogP contribution in [0.3, 0.4) is 0 Å². The summed E-state index contributed by atoms with van der Waals surface area (Å²) in [6.07, 6.45) is 0. The van der Waals surface area contributed by atoms with Crippen LogP contribution in [0, 0.1) is 10.1 Å². The first-order valence-electron chi connectivity index (χ1n) is 8.56. The number of rotatable bonds is 6. The molecule has 0 saturated carbocycles. The molecule has 1 heterocycles. The van der Waals surface area contributed by atoms with Crippen LogP contribution < -0.4 is 4.74 Å². The van der Waals surface area contributed by atoms with E-state index in [4.69, 9.17) is 4.74 Å². The van der Waals surface area contributed by atoms with E-state index in [1.165, 1.54) is 12.1 Å². The zero-order valence-corrected chi connectivity index (χ0v) is 14.5. The molecule has 6 nitrogen and oxygen atoms in total. The third kappa shape index (κ3) is 3.64. The highest BCUT2D eigenvalue weighted by molar-refractivity contribution is 5.86. The Bertz CT molecular complexity index is 1080. The number of non-ortho nitro benzene ring substituents is 1. The van der Waals surface area contributed by atoms with Crippen molar-refractivity contribution >= 4 is 16.6 Å². The molecule has 1 aromatic heterocycles. The van der Waals surface area contributed by atoms with Gasteiger partial charge in [0.15, 0.2) is 0 Å². The van der Waals surface area contributed by atoms with Crippen molar-refractivity contribution in [2.24, 2.45) is 0 Å². The van der Waals surface area contributed by atoms with E-state index < -0.39 is 4.92 Å². The van der Waals surface area contributed by atoms with Crippen LogP contribution in [0.2, 0.25) is 0 Å². The van der Waals surface area contributed by atoms with Gasteiger partial charge in [-0.05, 0) is 17.2 Å². The molecule has 0 radical (unpaired) electrons. The molecule has 3 aromatic carbocycles. The van der Waals surface area contributed by atoms with Gasteiger partial charge in [-0.1, -0.05) is 60.7 Å². The molecule has 0 atom stereocenters. The number of nitrogens with zero attached hydrogens (tertiary/aromatic N) is 3. The lowest BCUT2D eigenvalue weighted by Crippen LogP contribution is -2.02. The zero-order valence-electron chi connectivity index (χ0n) is 14.5. The summed E-state index contributed by atoms with van der Waals surface area (Å²) in [4.78, 5) is 10.8. The van der Waals surface area contributed by atoms with Crippen LogP contribution in [0.15, 0.2) is 78.9 Å². The minimum atomic E-state index is -0.408. The Hall–Kier alpha value is -3.67. The Morgan fingerprint density at radius 2 is 1.59 bits per heavy atom. The lowest BCUT2D eigenvalue weighted by atomic mass is 10.2. The van der Waals surface area contributed by atoms with Crippen molar-refractivity contribution in [1.82, 2.24) is 9.78 Å². The lowest BCUT2D eigenvalue weighted by molar-refractivity contribution is -0.384. The van der Waals surface area contributed by atoms with Crippen LogP contribution in [-0.4, -0.2) is 14.7 Å². The van der Waals surface area contributed by atoms with Crippen molar-refractivity contribution in [2.45, 2.75) is 13.2 Å². The van der Waals surface area contributed by atoms with E-state index >= 15 is 0 Å². The van der Waals surface area contributed by atoms with Crippen molar-refractivity contribution in [1.29, 1.82) is 0 Å². The predicted molar refractivity (Wildman–Crippen MR) is 103 cm³/mol. The Balaban J connectivity index is 1.71. The van der Waals surface area contributed by atoms with E-state index in [-0.39, 0.29) is 5.69 Å². The summed E-state index contributed by atoms with van der Waals surface area (Å²) in [6.45, 7) is 0.908. The molecule has 0 unspecified atom stereocenters. The maximum atomic E-state index is 11.2. The van der Waals surface area contributed by atoms with Gasteiger partial charge >= 0.3 is 0 Å². The number of aromatic nitrogens is 2. The molecular weight excluding hydrogens is 342 g/mol. The van der Waals surface area contributed by atoms with E-state index in [0.29, 0.717) is 24.4 Å². The van der Waals surface area contributed by atoms with Gasteiger partial charge in [-0.2, -0.15) is 0 Å². The average molecular weight is 359 g/mol. The number of nitro benzene ring substituents is 1. The topological polar surface area (TPSA) is 70.2 Å². The second-order valence-corrected chi connectivity index (χ2v) is 6.18. The molecular formula is C21H17N3O3. The lowest BCUT2D eigenvalue weighted by Gasteiger charge is -2.04. The summed E-state index contributed by atoms with van der Waals surface area (Å²) in [5.74, 6) is 0.397. The summed E-state index contributed by atoms with van der Waals surface area (Å²) < 4.78 is 7.72. The molecule has 0 fully saturated rings. The highest BCUT2D eigenvalue weighted by Crippen LogP contribution is 2.30. The standard InChI is InChI=1S/C21H17N3O3/c25-24(26)18-11-12-20-19(13-18)21(27-15-17-9-5-2-6-10-17)22-23(20)14-16-7-3-1-4-8-16/h1-13H,14-15H2. The van der Waals surface area contributed by atoms with Gasteiger partial charge < -0.3 is 4.74 Å². The number of ether oxygens (including phenoxy) is 1. The maximum Gasteiger partial charge on any atom is 0.270 e. The smallest absolute Gasteiger partial charge is 0.270 e. The number of fused-ring (bicyclic) bond motifs is 1. The summed E-state index contributed by atoms with van der Waals surface area (Å²) in [5.41, 5.74) is 2.92. The zero-order chi connectivity index (χ0) is 18.6. The average Bonchev–Trinajstić information content (AvgIpc) is 3.05. The van der Waals surface area contributed by atoms with Gasteiger partial charge in [-0.25, -0.2) is 0 Å². The molecule has 6 heteroatoms. The van der Waals surface area contributed by atoms with E-state index in [9.17, 15) is 10.1 Å². The summed E-state index contributed by atoms with van der Waals surface area (Å²) in [5, 5.41) is 16.4. The predicted octanol–water partition coefficient (Wildman–Crippen LogP) is 4.57. The third-order valence-electron chi connectivity index (χ3n) is 4.30.